The quantitative estimate of drug-likeness (QED) is 0.827. The highest BCUT2D eigenvalue weighted by atomic mass is 16.5. The van der Waals surface area contributed by atoms with E-state index < -0.39 is 0 Å². The summed E-state index contributed by atoms with van der Waals surface area (Å²) in [5, 5.41) is 0. The standard InChI is InChI=1S/C14H17N3O/c1-2-13(10-15-5-1)14-16-6-8-17(14)7-3-12-4-9-18-11-12/h1-2,5-6,8,10,12H,3-4,7,9,11H2. The average molecular weight is 243 g/mol. The van der Waals surface area contributed by atoms with E-state index in [2.05, 4.69) is 14.5 Å². The molecule has 1 unspecified atom stereocenters. The second kappa shape index (κ2) is 5.31. The van der Waals surface area contributed by atoms with Gasteiger partial charge in [-0.05, 0) is 30.9 Å². The van der Waals surface area contributed by atoms with Crippen molar-refractivity contribution >= 4 is 0 Å². The molecule has 1 aliphatic heterocycles. The van der Waals surface area contributed by atoms with Gasteiger partial charge in [0.25, 0.3) is 0 Å². The lowest BCUT2D eigenvalue weighted by atomic mass is 10.1. The van der Waals surface area contributed by atoms with Crippen molar-refractivity contribution in [2.45, 2.75) is 19.4 Å². The van der Waals surface area contributed by atoms with Gasteiger partial charge in [0.1, 0.15) is 5.82 Å². The van der Waals surface area contributed by atoms with Crippen LogP contribution in [0.1, 0.15) is 12.8 Å². The van der Waals surface area contributed by atoms with E-state index in [9.17, 15) is 0 Å². The van der Waals surface area contributed by atoms with E-state index in [-0.39, 0.29) is 0 Å². The molecule has 0 spiro atoms. The van der Waals surface area contributed by atoms with Crippen molar-refractivity contribution in [3.63, 3.8) is 0 Å². The van der Waals surface area contributed by atoms with E-state index >= 15 is 0 Å². The minimum Gasteiger partial charge on any atom is -0.381 e. The van der Waals surface area contributed by atoms with Gasteiger partial charge in [-0.3, -0.25) is 4.98 Å². The summed E-state index contributed by atoms with van der Waals surface area (Å²) in [5.74, 6) is 1.70. The first-order chi connectivity index (χ1) is 8.93. The molecule has 1 atom stereocenters. The summed E-state index contributed by atoms with van der Waals surface area (Å²) in [4.78, 5) is 8.57. The third-order valence-electron chi connectivity index (χ3n) is 3.44. The number of nitrogens with zero attached hydrogens (tertiary/aromatic N) is 3. The topological polar surface area (TPSA) is 39.9 Å². The molecule has 3 rings (SSSR count). The molecule has 1 fully saturated rings. The molecule has 0 bridgehead atoms. The Bertz CT molecular complexity index is 489. The Morgan fingerprint density at radius 3 is 3.17 bits per heavy atom. The fraction of sp³-hybridized carbons (Fsp3) is 0.429. The van der Waals surface area contributed by atoms with E-state index in [4.69, 9.17) is 4.74 Å². The number of aryl methyl sites for hydroxylation is 1. The monoisotopic (exact) mass is 243 g/mol. The van der Waals surface area contributed by atoms with Gasteiger partial charge in [0.2, 0.25) is 0 Å². The van der Waals surface area contributed by atoms with Gasteiger partial charge in [0, 0.05) is 50.1 Å². The van der Waals surface area contributed by atoms with Crippen molar-refractivity contribution in [3.05, 3.63) is 36.9 Å². The molecule has 0 N–H and O–H groups in total. The van der Waals surface area contributed by atoms with Crippen molar-refractivity contribution in [2.24, 2.45) is 5.92 Å². The molecule has 4 nitrogen and oxygen atoms in total. The number of ether oxygens (including phenoxy) is 1. The average Bonchev–Trinajstić information content (AvgIpc) is 3.09. The van der Waals surface area contributed by atoms with Gasteiger partial charge in [0.05, 0.1) is 0 Å². The Hall–Kier alpha value is -1.68. The van der Waals surface area contributed by atoms with Gasteiger partial charge in [0.15, 0.2) is 0 Å². The zero-order valence-corrected chi connectivity index (χ0v) is 10.3. The molecule has 0 radical (unpaired) electrons. The highest BCUT2D eigenvalue weighted by molar-refractivity contribution is 5.53. The molecule has 1 aliphatic rings. The van der Waals surface area contributed by atoms with E-state index in [1.807, 2.05) is 30.7 Å². The molecule has 2 aromatic rings. The molecule has 3 heterocycles. The van der Waals surface area contributed by atoms with Crippen molar-refractivity contribution in [1.29, 1.82) is 0 Å². The minimum atomic E-state index is 0.703. The third kappa shape index (κ3) is 2.43. The maximum atomic E-state index is 5.41. The summed E-state index contributed by atoms with van der Waals surface area (Å²) in [6.07, 6.45) is 9.89. The third-order valence-corrected chi connectivity index (χ3v) is 3.44. The minimum absolute atomic E-state index is 0.703. The maximum absolute atomic E-state index is 5.41. The van der Waals surface area contributed by atoms with Crippen LogP contribution in [-0.2, 0) is 11.3 Å². The van der Waals surface area contributed by atoms with Crippen LogP contribution in [0.3, 0.4) is 0 Å². The van der Waals surface area contributed by atoms with Crippen LogP contribution in [0, 0.1) is 5.92 Å². The first-order valence-corrected chi connectivity index (χ1v) is 6.43. The zero-order chi connectivity index (χ0) is 12.2. The van der Waals surface area contributed by atoms with E-state index in [1.54, 1.807) is 6.20 Å². The number of hydrogen-bond donors (Lipinski definition) is 0. The lowest BCUT2D eigenvalue weighted by Crippen LogP contribution is -2.06. The van der Waals surface area contributed by atoms with Crippen LogP contribution in [0.25, 0.3) is 11.4 Å². The number of aromatic nitrogens is 3. The molecule has 0 aliphatic carbocycles. The van der Waals surface area contributed by atoms with Crippen molar-refractivity contribution in [1.82, 2.24) is 14.5 Å². The smallest absolute Gasteiger partial charge is 0.141 e. The molecular formula is C14H17N3O. The van der Waals surface area contributed by atoms with Gasteiger partial charge in [-0.15, -0.1) is 0 Å². The van der Waals surface area contributed by atoms with Crippen LogP contribution in [0.4, 0.5) is 0 Å². The molecule has 0 aromatic carbocycles. The predicted molar refractivity (Wildman–Crippen MR) is 69.0 cm³/mol. The molecule has 2 aromatic heterocycles. The molecular weight excluding hydrogens is 226 g/mol. The summed E-state index contributed by atoms with van der Waals surface area (Å²) in [6, 6.07) is 3.99. The second-order valence-electron chi connectivity index (χ2n) is 4.70. The molecule has 4 heteroatoms. The summed E-state index contributed by atoms with van der Waals surface area (Å²) >= 11 is 0. The molecule has 0 amide bonds. The van der Waals surface area contributed by atoms with Crippen LogP contribution >= 0.6 is 0 Å². The Kier molecular flexibility index (Phi) is 3.37. The second-order valence-corrected chi connectivity index (χ2v) is 4.70. The fourth-order valence-corrected chi connectivity index (χ4v) is 2.38. The normalized spacial score (nSPS) is 19.2. The molecule has 0 saturated carbocycles. The fourth-order valence-electron chi connectivity index (χ4n) is 2.38. The summed E-state index contributed by atoms with van der Waals surface area (Å²) < 4.78 is 7.61. The van der Waals surface area contributed by atoms with Crippen LogP contribution in [0.15, 0.2) is 36.9 Å². The van der Waals surface area contributed by atoms with Crippen molar-refractivity contribution < 1.29 is 4.74 Å². The molecule has 1 saturated heterocycles. The zero-order valence-electron chi connectivity index (χ0n) is 10.3. The maximum Gasteiger partial charge on any atom is 0.141 e. The van der Waals surface area contributed by atoms with Crippen molar-refractivity contribution in [3.8, 4) is 11.4 Å². The number of pyridine rings is 1. The Labute approximate surface area is 107 Å². The van der Waals surface area contributed by atoms with Crippen LogP contribution < -0.4 is 0 Å². The number of imidazole rings is 1. The van der Waals surface area contributed by atoms with Gasteiger partial charge >= 0.3 is 0 Å². The van der Waals surface area contributed by atoms with E-state index in [1.165, 1.54) is 6.42 Å². The van der Waals surface area contributed by atoms with Gasteiger partial charge in [-0.25, -0.2) is 4.98 Å². The van der Waals surface area contributed by atoms with E-state index in [0.717, 1.165) is 37.6 Å². The van der Waals surface area contributed by atoms with Gasteiger partial charge in [-0.1, -0.05) is 0 Å². The lowest BCUT2D eigenvalue weighted by molar-refractivity contribution is 0.183. The molecule has 18 heavy (non-hydrogen) atoms. The lowest BCUT2D eigenvalue weighted by Gasteiger charge is -2.10. The Morgan fingerprint density at radius 2 is 2.39 bits per heavy atom. The Morgan fingerprint density at radius 1 is 1.39 bits per heavy atom. The predicted octanol–water partition coefficient (Wildman–Crippen LogP) is 2.37. The SMILES string of the molecule is c1cncc(-c2nccn2CCC2CCOC2)c1. The van der Waals surface area contributed by atoms with Crippen LogP contribution in [-0.4, -0.2) is 27.7 Å². The van der Waals surface area contributed by atoms with Crippen LogP contribution in [0.5, 0.6) is 0 Å². The number of rotatable bonds is 4. The van der Waals surface area contributed by atoms with Crippen LogP contribution in [0.2, 0.25) is 0 Å². The van der Waals surface area contributed by atoms with E-state index in [0.29, 0.717) is 5.92 Å². The first-order valence-electron chi connectivity index (χ1n) is 6.43. The Balaban J connectivity index is 1.71. The van der Waals surface area contributed by atoms with Gasteiger partial charge in [-0.2, -0.15) is 0 Å². The summed E-state index contributed by atoms with van der Waals surface area (Å²) in [7, 11) is 0. The highest BCUT2D eigenvalue weighted by Crippen LogP contribution is 2.20. The summed E-state index contributed by atoms with van der Waals surface area (Å²) in [6.45, 7) is 2.83. The highest BCUT2D eigenvalue weighted by Gasteiger charge is 2.16. The first kappa shape index (κ1) is 11.4. The largest absolute Gasteiger partial charge is 0.381 e. The number of hydrogen-bond acceptors (Lipinski definition) is 3. The summed E-state index contributed by atoms with van der Waals surface area (Å²) in [5.41, 5.74) is 1.07. The van der Waals surface area contributed by atoms with Crippen molar-refractivity contribution in [2.75, 3.05) is 13.2 Å². The van der Waals surface area contributed by atoms with Gasteiger partial charge < -0.3 is 9.30 Å². The molecule has 94 valence electrons.